The van der Waals surface area contributed by atoms with Gasteiger partial charge in [-0.1, -0.05) is 13.3 Å². The predicted molar refractivity (Wildman–Crippen MR) is 68.7 cm³/mol. The summed E-state index contributed by atoms with van der Waals surface area (Å²) in [5.74, 6) is 1.55. The van der Waals surface area contributed by atoms with E-state index >= 15 is 0 Å². The van der Waals surface area contributed by atoms with E-state index in [2.05, 4.69) is 16.9 Å². The Balaban J connectivity index is 1.99. The SMILES string of the molecule is CCCCC(=O)OCCSCc1ccncn1. The number of unbranched alkanes of at least 4 members (excludes halogenated alkanes) is 1. The second-order valence-corrected chi connectivity index (χ2v) is 4.68. The normalized spacial score (nSPS) is 10.2. The van der Waals surface area contributed by atoms with Gasteiger partial charge in [0.25, 0.3) is 0 Å². The zero-order chi connectivity index (χ0) is 12.3. The first-order valence-corrected chi connectivity index (χ1v) is 6.96. The topological polar surface area (TPSA) is 52.1 Å². The summed E-state index contributed by atoms with van der Waals surface area (Å²) in [6.45, 7) is 2.54. The highest BCUT2D eigenvalue weighted by Gasteiger charge is 2.01. The molecule has 0 spiro atoms. The Morgan fingerprint density at radius 2 is 2.41 bits per heavy atom. The van der Waals surface area contributed by atoms with Crippen LogP contribution in [0.25, 0.3) is 0 Å². The lowest BCUT2D eigenvalue weighted by Crippen LogP contribution is -2.07. The van der Waals surface area contributed by atoms with Gasteiger partial charge in [-0.2, -0.15) is 11.8 Å². The standard InChI is InChI=1S/C12H18N2O2S/c1-2-3-4-12(15)16-7-8-17-9-11-5-6-13-10-14-11/h5-6,10H,2-4,7-9H2,1H3. The predicted octanol–water partition coefficient (Wildman–Crippen LogP) is 2.44. The molecule has 1 aromatic heterocycles. The summed E-state index contributed by atoms with van der Waals surface area (Å²) in [4.78, 5) is 19.1. The zero-order valence-electron chi connectivity index (χ0n) is 10.1. The molecule has 94 valence electrons. The summed E-state index contributed by atoms with van der Waals surface area (Å²) in [6.07, 6.45) is 5.74. The van der Waals surface area contributed by atoms with E-state index in [0.29, 0.717) is 13.0 Å². The molecule has 17 heavy (non-hydrogen) atoms. The van der Waals surface area contributed by atoms with E-state index in [0.717, 1.165) is 30.0 Å². The van der Waals surface area contributed by atoms with Crippen LogP contribution in [0.15, 0.2) is 18.6 Å². The van der Waals surface area contributed by atoms with E-state index in [-0.39, 0.29) is 5.97 Å². The minimum atomic E-state index is -0.0884. The molecule has 0 saturated heterocycles. The van der Waals surface area contributed by atoms with Gasteiger partial charge in [-0.25, -0.2) is 9.97 Å². The van der Waals surface area contributed by atoms with E-state index in [4.69, 9.17) is 4.74 Å². The summed E-state index contributed by atoms with van der Waals surface area (Å²) in [7, 11) is 0. The van der Waals surface area contributed by atoms with Crippen molar-refractivity contribution in [3.63, 3.8) is 0 Å². The average Bonchev–Trinajstić information content (AvgIpc) is 2.37. The number of ether oxygens (including phenoxy) is 1. The summed E-state index contributed by atoms with van der Waals surface area (Å²) in [5.41, 5.74) is 1.00. The Kier molecular flexibility index (Phi) is 7.38. The summed E-state index contributed by atoms with van der Waals surface area (Å²) >= 11 is 1.70. The fraction of sp³-hybridized carbons (Fsp3) is 0.583. The Hall–Kier alpha value is -1.10. The molecule has 0 unspecified atom stereocenters. The maximum atomic E-state index is 11.2. The fourth-order valence-corrected chi connectivity index (χ4v) is 1.91. The Labute approximate surface area is 106 Å². The van der Waals surface area contributed by atoms with E-state index in [1.165, 1.54) is 0 Å². The van der Waals surface area contributed by atoms with E-state index < -0.39 is 0 Å². The monoisotopic (exact) mass is 254 g/mol. The van der Waals surface area contributed by atoms with Crippen molar-refractivity contribution in [2.45, 2.75) is 31.9 Å². The van der Waals surface area contributed by atoms with Crippen LogP contribution in [0.3, 0.4) is 0 Å². The molecule has 0 bridgehead atoms. The van der Waals surface area contributed by atoms with Crippen molar-refractivity contribution in [2.75, 3.05) is 12.4 Å². The number of hydrogen-bond acceptors (Lipinski definition) is 5. The van der Waals surface area contributed by atoms with Gasteiger partial charge in [0.1, 0.15) is 12.9 Å². The molecule has 0 N–H and O–H groups in total. The Bertz CT molecular complexity index is 320. The van der Waals surface area contributed by atoms with Crippen LogP contribution in [-0.4, -0.2) is 28.3 Å². The quantitative estimate of drug-likeness (QED) is 0.527. The Morgan fingerprint density at radius 1 is 1.53 bits per heavy atom. The first-order valence-electron chi connectivity index (χ1n) is 5.81. The molecule has 4 nitrogen and oxygen atoms in total. The highest BCUT2D eigenvalue weighted by Crippen LogP contribution is 2.08. The van der Waals surface area contributed by atoms with Gasteiger partial charge in [0.05, 0.1) is 5.69 Å². The van der Waals surface area contributed by atoms with Crippen LogP contribution in [-0.2, 0) is 15.3 Å². The van der Waals surface area contributed by atoms with E-state index in [1.54, 1.807) is 24.3 Å². The third kappa shape index (κ3) is 6.94. The number of carbonyl (C=O) groups excluding carboxylic acids is 1. The molecule has 1 heterocycles. The van der Waals surface area contributed by atoms with Crippen LogP contribution in [0, 0.1) is 0 Å². The summed E-state index contributed by atoms with van der Waals surface area (Å²) in [5, 5.41) is 0. The highest BCUT2D eigenvalue weighted by atomic mass is 32.2. The highest BCUT2D eigenvalue weighted by molar-refractivity contribution is 7.98. The number of carbonyl (C=O) groups is 1. The number of nitrogens with zero attached hydrogens (tertiary/aromatic N) is 2. The van der Waals surface area contributed by atoms with Gasteiger partial charge in [0.2, 0.25) is 0 Å². The van der Waals surface area contributed by atoms with Crippen molar-refractivity contribution in [1.82, 2.24) is 9.97 Å². The summed E-state index contributed by atoms with van der Waals surface area (Å²) < 4.78 is 5.09. The molecule has 0 aliphatic rings. The van der Waals surface area contributed by atoms with Crippen LogP contribution in [0.2, 0.25) is 0 Å². The third-order valence-corrected chi connectivity index (χ3v) is 3.07. The average molecular weight is 254 g/mol. The van der Waals surface area contributed by atoms with Crippen molar-refractivity contribution >= 4 is 17.7 Å². The summed E-state index contributed by atoms with van der Waals surface area (Å²) in [6, 6.07) is 1.89. The molecule has 1 aromatic rings. The van der Waals surface area contributed by atoms with Gasteiger partial charge in [-0.05, 0) is 12.5 Å². The largest absolute Gasteiger partial charge is 0.465 e. The van der Waals surface area contributed by atoms with Crippen molar-refractivity contribution in [3.05, 3.63) is 24.3 Å². The van der Waals surface area contributed by atoms with Gasteiger partial charge in [-0.3, -0.25) is 4.79 Å². The molecule has 0 aliphatic carbocycles. The molecule has 0 atom stereocenters. The van der Waals surface area contributed by atoms with Crippen LogP contribution < -0.4 is 0 Å². The Morgan fingerprint density at radius 3 is 3.12 bits per heavy atom. The molecule has 0 aromatic carbocycles. The molecule has 0 amide bonds. The maximum Gasteiger partial charge on any atom is 0.305 e. The first kappa shape index (κ1) is 14.0. The third-order valence-electron chi connectivity index (χ3n) is 2.12. The van der Waals surface area contributed by atoms with Crippen molar-refractivity contribution < 1.29 is 9.53 Å². The van der Waals surface area contributed by atoms with Crippen LogP contribution in [0.5, 0.6) is 0 Å². The van der Waals surface area contributed by atoms with Crippen LogP contribution >= 0.6 is 11.8 Å². The van der Waals surface area contributed by atoms with Crippen molar-refractivity contribution in [2.24, 2.45) is 0 Å². The minimum Gasteiger partial charge on any atom is -0.465 e. The second kappa shape index (κ2) is 8.98. The van der Waals surface area contributed by atoms with Gasteiger partial charge in [-0.15, -0.1) is 0 Å². The smallest absolute Gasteiger partial charge is 0.305 e. The molecule has 0 radical (unpaired) electrons. The molecular weight excluding hydrogens is 236 g/mol. The van der Waals surface area contributed by atoms with Gasteiger partial charge in [0, 0.05) is 24.1 Å². The molecule has 1 rings (SSSR count). The van der Waals surface area contributed by atoms with E-state index in [1.807, 2.05) is 6.07 Å². The molecule has 0 saturated carbocycles. The lowest BCUT2D eigenvalue weighted by molar-refractivity contribution is -0.143. The van der Waals surface area contributed by atoms with Gasteiger partial charge >= 0.3 is 5.97 Å². The number of rotatable bonds is 8. The lowest BCUT2D eigenvalue weighted by Gasteiger charge is -2.04. The number of esters is 1. The fourth-order valence-electron chi connectivity index (χ4n) is 1.19. The number of aromatic nitrogens is 2. The first-order chi connectivity index (χ1) is 8.33. The minimum absolute atomic E-state index is 0.0884. The van der Waals surface area contributed by atoms with Crippen LogP contribution in [0.4, 0.5) is 0 Å². The number of hydrogen-bond donors (Lipinski definition) is 0. The lowest BCUT2D eigenvalue weighted by atomic mass is 10.3. The number of thioether (sulfide) groups is 1. The molecular formula is C12H18N2O2S. The molecule has 0 fully saturated rings. The zero-order valence-corrected chi connectivity index (χ0v) is 10.9. The van der Waals surface area contributed by atoms with Gasteiger partial charge < -0.3 is 4.74 Å². The second-order valence-electron chi connectivity index (χ2n) is 3.58. The molecule has 5 heteroatoms. The van der Waals surface area contributed by atoms with Crippen LogP contribution in [0.1, 0.15) is 31.9 Å². The molecule has 0 aliphatic heterocycles. The van der Waals surface area contributed by atoms with Gasteiger partial charge in [0.15, 0.2) is 0 Å². The van der Waals surface area contributed by atoms with Crippen molar-refractivity contribution in [3.8, 4) is 0 Å². The maximum absolute atomic E-state index is 11.2. The van der Waals surface area contributed by atoms with Crippen molar-refractivity contribution in [1.29, 1.82) is 0 Å². The van der Waals surface area contributed by atoms with E-state index in [9.17, 15) is 4.79 Å².